The Morgan fingerprint density at radius 2 is 2.06 bits per heavy atom. The van der Waals surface area contributed by atoms with Crippen molar-refractivity contribution >= 4 is 16.9 Å². The minimum Gasteiger partial charge on any atom is -0.496 e. The molecule has 0 bridgehead atoms. The number of aromatic nitrogens is 1. The van der Waals surface area contributed by atoms with Crippen molar-refractivity contribution in [2.24, 2.45) is 0 Å². The Hall–Kier alpha value is -3.27. The summed E-state index contributed by atoms with van der Waals surface area (Å²) < 4.78 is 5.75. The molecule has 1 unspecified atom stereocenters. The van der Waals surface area contributed by atoms with Gasteiger partial charge >= 0.3 is 5.97 Å². The summed E-state index contributed by atoms with van der Waals surface area (Å²) in [5, 5.41) is 10.4. The van der Waals surface area contributed by atoms with Crippen LogP contribution in [0, 0.1) is 19.3 Å². The van der Waals surface area contributed by atoms with Crippen molar-refractivity contribution in [3.63, 3.8) is 0 Å². The zero-order chi connectivity index (χ0) is 22.0. The highest BCUT2D eigenvalue weighted by molar-refractivity contribution is 5.88. The number of nitrogens with zero attached hydrogens (tertiary/aromatic N) is 2. The summed E-state index contributed by atoms with van der Waals surface area (Å²) in [4.78, 5) is 19.3. The molecule has 0 aliphatic carbocycles. The number of carboxylic acids is 1. The third-order valence-corrected chi connectivity index (χ3v) is 6.13. The van der Waals surface area contributed by atoms with E-state index < -0.39 is 5.97 Å². The minimum absolute atomic E-state index is 0.102. The van der Waals surface area contributed by atoms with Gasteiger partial charge in [0.15, 0.2) is 0 Å². The summed E-state index contributed by atoms with van der Waals surface area (Å²) in [5.74, 6) is 2.72. The number of piperazine rings is 1. The van der Waals surface area contributed by atoms with Gasteiger partial charge < -0.3 is 14.8 Å². The van der Waals surface area contributed by atoms with E-state index in [2.05, 4.69) is 39.8 Å². The molecule has 31 heavy (non-hydrogen) atoms. The summed E-state index contributed by atoms with van der Waals surface area (Å²) in [6.45, 7) is 5.95. The van der Waals surface area contributed by atoms with Crippen LogP contribution in [0.15, 0.2) is 42.6 Å². The topological polar surface area (TPSA) is 68.8 Å². The first-order valence-corrected chi connectivity index (χ1v) is 10.4. The number of aryl methyl sites for hydroxylation is 1. The Bertz CT molecular complexity index is 1130. The van der Waals surface area contributed by atoms with Gasteiger partial charge in [-0.25, -0.2) is 4.79 Å². The third kappa shape index (κ3) is 4.15. The maximum absolute atomic E-state index is 11.3. The van der Waals surface area contributed by atoms with Crippen LogP contribution in [0.1, 0.15) is 33.1 Å². The first-order chi connectivity index (χ1) is 15.0. The molecule has 1 aliphatic rings. The van der Waals surface area contributed by atoms with Crippen molar-refractivity contribution in [1.82, 2.24) is 14.8 Å². The molecular formula is C25H27N3O3. The number of rotatable bonds is 6. The predicted molar refractivity (Wildman–Crippen MR) is 121 cm³/mol. The Balaban J connectivity index is 1.70. The van der Waals surface area contributed by atoms with Gasteiger partial charge in [-0.2, -0.15) is 0 Å². The molecule has 2 aromatic carbocycles. The molecule has 3 aromatic rings. The highest BCUT2D eigenvalue weighted by Crippen LogP contribution is 2.35. The van der Waals surface area contributed by atoms with Gasteiger partial charge in [-0.1, -0.05) is 18.1 Å². The zero-order valence-corrected chi connectivity index (χ0v) is 17.9. The lowest BCUT2D eigenvalue weighted by atomic mass is 9.98. The highest BCUT2D eigenvalue weighted by atomic mass is 16.5. The average molecular weight is 418 g/mol. The minimum atomic E-state index is -0.916. The van der Waals surface area contributed by atoms with Gasteiger partial charge in [-0.3, -0.25) is 9.80 Å². The van der Waals surface area contributed by atoms with Gasteiger partial charge in [0.25, 0.3) is 0 Å². The molecule has 1 fully saturated rings. The summed E-state index contributed by atoms with van der Waals surface area (Å²) in [5.41, 5.74) is 4.82. The van der Waals surface area contributed by atoms with E-state index >= 15 is 0 Å². The molecule has 160 valence electrons. The second-order valence-electron chi connectivity index (χ2n) is 7.99. The van der Waals surface area contributed by atoms with Crippen molar-refractivity contribution in [3.8, 4) is 18.1 Å². The van der Waals surface area contributed by atoms with Crippen LogP contribution < -0.4 is 4.74 Å². The molecule has 1 saturated heterocycles. The standard InChI is InChI=1S/C25H27N3O3/c1-4-11-27-12-13-28(22(16-27)18-5-7-19(8-6-18)25(29)30)15-21-20-9-10-26-24(20)17(2)14-23(21)31-3/h1,5-10,14,22,26H,11-13,15-16H2,2-3H3,(H,29,30). The first kappa shape index (κ1) is 21.0. The molecule has 0 radical (unpaired) electrons. The van der Waals surface area contributed by atoms with E-state index in [1.807, 2.05) is 18.3 Å². The van der Waals surface area contributed by atoms with Crippen molar-refractivity contribution in [1.29, 1.82) is 0 Å². The van der Waals surface area contributed by atoms with Gasteiger partial charge in [0.2, 0.25) is 0 Å². The summed E-state index contributed by atoms with van der Waals surface area (Å²) in [6, 6.07) is 11.5. The normalized spacial score (nSPS) is 17.5. The van der Waals surface area contributed by atoms with Crippen molar-refractivity contribution in [2.75, 3.05) is 33.3 Å². The Morgan fingerprint density at radius 1 is 1.29 bits per heavy atom. The van der Waals surface area contributed by atoms with Crippen LogP contribution in [0.5, 0.6) is 5.75 Å². The number of benzene rings is 2. The molecular weight excluding hydrogens is 390 g/mol. The molecule has 0 saturated carbocycles. The number of hydrogen-bond donors (Lipinski definition) is 2. The number of aromatic carboxylic acids is 1. The van der Waals surface area contributed by atoms with Gasteiger partial charge in [0, 0.05) is 54.9 Å². The SMILES string of the molecule is C#CCN1CCN(Cc2c(OC)cc(C)c3[nH]ccc23)C(c2ccc(C(=O)O)cc2)C1. The zero-order valence-electron chi connectivity index (χ0n) is 17.9. The van der Waals surface area contributed by atoms with E-state index in [1.165, 1.54) is 5.39 Å². The Labute approximate surface area is 182 Å². The number of nitrogens with one attached hydrogen (secondary N) is 1. The van der Waals surface area contributed by atoms with Crippen LogP contribution in [0.25, 0.3) is 10.9 Å². The second-order valence-corrected chi connectivity index (χ2v) is 7.99. The number of carboxylic acid groups (broad SMARTS) is 1. The summed E-state index contributed by atoms with van der Waals surface area (Å²) in [7, 11) is 1.71. The van der Waals surface area contributed by atoms with E-state index in [0.29, 0.717) is 12.1 Å². The number of hydrogen-bond acceptors (Lipinski definition) is 4. The van der Waals surface area contributed by atoms with Crippen molar-refractivity contribution in [3.05, 3.63) is 64.8 Å². The lowest BCUT2D eigenvalue weighted by Gasteiger charge is -2.41. The molecule has 2 heterocycles. The fraction of sp³-hybridized carbons (Fsp3) is 0.320. The van der Waals surface area contributed by atoms with Crippen LogP contribution in [-0.2, 0) is 6.54 Å². The fourth-order valence-electron chi connectivity index (χ4n) is 4.49. The smallest absolute Gasteiger partial charge is 0.335 e. The average Bonchev–Trinajstić information content (AvgIpc) is 3.27. The maximum Gasteiger partial charge on any atom is 0.335 e. The molecule has 0 spiro atoms. The molecule has 4 rings (SSSR count). The number of methoxy groups -OCH3 is 1. The van der Waals surface area contributed by atoms with E-state index in [1.54, 1.807) is 19.2 Å². The van der Waals surface area contributed by atoms with Crippen LogP contribution in [0.2, 0.25) is 0 Å². The number of aromatic amines is 1. The summed E-state index contributed by atoms with van der Waals surface area (Å²) >= 11 is 0. The van der Waals surface area contributed by atoms with Crippen LogP contribution in [-0.4, -0.2) is 59.1 Å². The molecule has 6 nitrogen and oxygen atoms in total. The highest BCUT2D eigenvalue weighted by Gasteiger charge is 2.29. The van der Waals surface area contributed by atoms with Crippen molar-refractivity contribution in [2.45, 2.75) is 19.5 Å². The monoisotopic (exact) mass is 417 g/mol. The number of terminal acetylenes is 1. The van der Waals surface area contributed by atoms with Gasteiger partial charge in [-0.05, 0) is 42.3 Å². The van der Waals surface area contributed by atoms with E-state index in [4.69, 9.17) is 11.2 Å². The molecule has 1 atom stereocenters. The molecule has 2 N–H and O–H groups in total. The van der Waals surface area contributed by atoms with E-state index in [9.17, 15) is 9.90 Å². The Kier molecular flexibility index (Phi) is 5.99. The summed E-state index contributed by atoms with van der Waals surface area (Å²) in [6.07, 6.45) is 7.53. The van der Waals surface area contributed by atoms with Crippen LogP contribution in [0.4, 0.5) is 0 Å². The fourth-order valence-corrected chi connectivity index (χ4v) is 4.49. The Morgan fingerprint density at radius 3 is 2.74 bits per heavy atom. The second kappa shape index (κ2) is 8.84. The molecule has 0 amide bonds. The lowest BCUT2D eigenvalue weighted by Crippen LogP contribution is -2.48. The van der Waals surface area contributed by atoms with E-state index in [-0.39, 0.29) is 6.04 Å². The number of fused-ring (bicyclic) bond motifs is 1. The van der Waals surface area contributed by atoms with Crippen LogP contribution in [0.3, 0.4) is 0 Å². The third-order valence-electron chi connectivity index (χ3n) is 6.13. The number of carbonyl (C=O) groups is 1. The molecule has 1 aromatic heterocycles. The molecule has 6 heteroatoms. The van der Waals surface area contributed by atoms with Gasteiger partial charge in [0.1, 0.15) is 5.75 Å². The van der Waals surface area contributed by atoms with E-state index in [0.717, 1.165) is 54.1 Å². The first-order valence-electron chi connectivity index (χ1n) is 10.4. The largest absolute Gasteiger partial charge is 0.496 e. The van der Waals surface area contributed by atoms with Crippen molar-refractivity contribution < 1.29 is 14.6 Å². The quantitative estimate of drug-likeness (QED) is 0.599. The number of H-pyrrole nitrogens is 1. The van der Waals surface area contributed by atoms with Gasteiger partial charge in [-0.15, -0.1) is 6.42 Å². The molecule has 1 aliphatic heterocycles. The predicted octanol–water partition coefficient (Wildman–Crippen LogP) is 3.68. The van der Waals surface area contributed by atoms with Crippen LogP contribution >= 0.6 is 0 Å². The van der Waals surface area contributed by atoms with Gasteiger partial charge in [0.05, 0.1) is 19.2 Å². The maximum atomic E-state index is 11.3. The lowest BCUT2D eigenvalue weighted by molar-refractivity contribution is 0.0695. The number of ether oxygens (including phenoxy) is 1.